The Kier molecular flexibility index (Phi) is 7.45. The number of pyridine rings is 3. The summed E-state index contributed by atoms with van der Waals surface area (Å²) in [5.74, 6) is -0.471. The molecule has 0 aliphatic carbocycles. The molecule has 0 spiro atoms. The third-order valence-electron chi connectivity index (χ3n) is 5.89. The summed E-state index contributed by atoms with van der Waals surface area (Å²) in [5.41, 5.74) is 10.3. The van der Waals surface area contributed by atoms with Crippen LogP contribution in [0, 0.1) is 27.7 Å². The second-order valence-electron chi connectivity index (χ2n) is 8.95. The number of nitrogens with two attached hydrogens (primary N) is 1. The SMILES string of the molecule is COc1ccc(-c2ccc(C(=O)CS(=O)(=O)c3cccc(N)n3)c(Oc3c(C)cc(C)cc3C)n2)c(C)n1. The molecule has 0 saturated heterocycles. The molecule has 38 heavy (non-hydrogen) atoms. The lowest BCUT2D eigenvalue weighted by Gasteiger charge is -2.16. The zero-order valence-corrected chi connectivity index (χ0v) is 22.6. The van der Waals surface area contributed by atoms with Gasteiger partial charge in [0, 0.05) is 11.6 Å². The lowest BCUT2D eigenvalue weighted by molar-refractivity contribution is 0.101. The lowest BCUT2D eigenvalue weighted by atomic mass is 10.1. The highest BCUT2D eigenvalue weighted by atomic mass is 32.2. The molecule has 0 unspecified atom stereocenters. The molecule has 0 atom stereocenters. The molecule has 4 aromatic rings. The number of anilines is 1. The fourth-order valence-electron chi connectivity index (χ4n) is 4.16. The molecule has 196 valence electrons. The van der Waals surface area contributed by atoms with Crippen molar-refractivity contribution in [3.05, 3.63) is 82.5 Å². The molecule has 9 nitrogen and oxygen atoms in total. The average Bonchev–Trinajstić information content (AvgIpc) is 2.85. The number of nitrogens with zero attached hydrogens (tertiary/aromatic N) is 3. The molecule has 2 N–H and O–H groups in total. The van der Waals surface area contributed by atoms with E-state index in [4.69, 9.17) is 15.2 Å². The minimum absolute atomic E-state index is 0.00601. The number of ether oxygens (including phenoxy) is 2. The monoisotopic (exact) mass is 532 g/mol. The van der Waals surface area contributed by atoms with Gasteiger partial charge in [-0.2, -0.15) is 0 Å². The highest BCUT2D eigenvalue weighted by molar-refractivity contribution is 7.92. The maximum absolute atomic E-state index is 13.4. The van der Waals surface area contributed by atoms with Crippen LogP contribution in [0.15, 0.2) is 59.6 Å². The van der Waals surface area contributed by atoms with E-state index < -0.39 is 21.4 Å². The normalized spacial score (nSPS) is 11.3. The van der Waals surface area contributed by atoms with Gasteiger partial charge in [-0.3, -0.25) is 4.79 Å². The van der Waals surface area contributed by atoms with E-state index in [2.05, 4.69) is 15.0 Å². The Labute approximate surface area is 221 Å². The number of aromatic nitrogens is 3. The van der Waals surface area contributed by atoms with Crippen molar-refractivity contribution in [2.75, 3.05) is 18.6 Å². The van der Waals surface area contributed by atoms with Gasteiger partial charge in [-0.15, -0.1) is 0 Å². The maximum atomic E-state index is 13.4. The molecule has 10 heteroatoms. The van der Waals surface area contributed by atoms with Gasteiger partial charge in [0.15, 0.2) is 10.8 Å². The number of hydrogen-bond donors (Lipinski definition) is 1. The van der Waals surface area contributed by atoms with Gasteiger partial charge in [-0.05, 0) is 69.2 Å². The van der Waals surface area contributed by atoms with Crippen molar-refractivity contribution < 1.29 is 22.7 Å². The summed E-state index contributed by atoms with van der Waals surface area (Å²) in [7, 11) is -2.53. The predicted molar refractivity (Wildman–Crippen MR) is 145 cm³/mol. The molecule has 0 saturated carbocycles. The van der Waals surface area contributed by atoms with E-state index in [-0.39, 0.29) is 22.3 Å². The molecule has 0 amide bonds. The number of carbonyl (C=O) groups excluding carboxylic acids is 1. The summed E-state index contributed by atoms with van der Waals surface area (Å²) in [6.45, 7) is 7.59. The first-order chi connectivity index (χ1) is 18.0. The van der Waals surface area contributed by atoms with Crippen LogP contribution in [0.25, 0.3) is 11.3 Å². The van der Waals surface area contributed by atoms with Crippen LogP contribution < -0.4 is 15.2 Å². The number of carbonyl (C=O) groups is 1. The van der Waals surface area contributed by atoms with Gasteiger partial charge in [0.25, 0.3) is 0 Å². The zero-order valence-electron chi connectivity index (χ0n) is 21.8. The number of Topliss-reactive ketones (excluding diaryl/α,β-unsaturated/α-hetero) is 1. The van der Waals surface area contributed by atoms with Gasteiger partial charge in [0.2, 0.25) is 21.6 Å². The van der Waals surface area contributed by atoms with Crippen molar-refractivity contribution in [2.24, 2.45) is 0 Å². The van der Waals surface area contributed by atoms with Crippen molar-refractivity contribution >= 4 is 21.4 Å². The Bertz CT molecular complexity index is 1630. The van der Waals surface area contributed by atoms with E-state index in [1.165, 1.54) is 31.4 Å². The Balaban J connectivity index is 1.80. The summed E-state index contributed by atoms with van der Waals surface area (Å²) < 4.78 is 37.3. The van der Waals surface area contributed by atoms with E-state index >= 15 is 0 Å². The van der Waals surface area contributed by atoms with Crippen molar-refractivity contribution in [2.45, 2.75) is 32.7 Å². The van der Waals surface area contributed by atoms with Crippen LogP contribution in [0.3, 0.4) is 0 Å². The largest absolute Gasteiger partial charge is 0.481 e. The van der Waals surface area contributed by atoms with Gasteiger partial charge < -0.3 is 15.2 Å². The van der Waals surface area contributed by atoms with Crippen LogP contribution in [0.1, 0.15) is 32.7 Å². The van der Waals surface area contributed by atoms with Crippen LogP contribution in [0.5, 0.6) is 17.5 Å². The molecule has 0 bridgehead atoms. The molecule has 3 heterocycles. The topological polar surface area (TPSA) is 134 Å². The first-order valence-corrected chi connectivity index (χ1v) is 13.4. The maximum Gasteiger partial charge on any atom is 0.230 e. The molecule has 1 aromatic carbocycles. The van der Waals surface area contributed by atoms with Crippen molar-refractivity contribution in [3.63, 3.8) is 0 Å². The van der Waals surface area contributed by atoms with Gasteiger partial charge in [-0.25, -0.2) is 23.4 Å². The Morgan fingerprint density at radius 3 is 2.26 bits per heavy atom. The van der Waals surface area contributed by atoms with Gasteiger partial charge in [0.1, 0.15) is 17.3 Å². The quantitative estimate of drug-likeness (QED) is 0.317. The Morgan fingerprint density at radius 2 is 1.63 bits per heavy atom. The lowest BCUT2D eigenvalue weighted by Crippen LogP contribution is -2.19. The van der Waals surface area contributed by atoms with E-state index in [1.54, 1.807) is 12.1 Å². The van der Waals surface area contributed by atoms with Crippen LogP contribution in [0.2, 0.25) is 0 Å². The summed E-state index contributed by atoms with van der Waals surface area (Å²) in [6.07, 6.45) is 0. The first kappa shape index (κ1) is 26.7. The van der Waals surface area contributed by atoms with Crippen LogP contribution in [-0.2, 0) is 9.84 Å². The van der Waals surface area contributed by atoms with E-state index in [9.17, 15) is 13.2 Å². The molecule has 0 fully saturated rings. The Morgan fingerprint density at radius 1 is 0.921 bits per heavy atom. The third kappa shape index (κ3) is 5.65. The Hall–Kier alpha value is -4.31. The second-order valence-corrected chi connectivity index (χ2v) is 10.9. The first-order valence-electron chi connectivity index (χ1n) is 11.8. The number of sulfone groups is 1. The third-order valence-corrected chi connectivity index (χ3v) is 7.40. The standard InChI is InChI=1S/C28H28N4O5S/c1-16-13-17(2)27(18(3)14-16)37-28-21(23(33)15-38(34,35)26-8-6-7-24(29)32-26)9-11-22(31-28)20-10-12-25(36-5)30-19(20)4/h6-14H,15H2,1-5H3,(H2,29,32). The second kappa shape index (κ2) is 10.6. The highest BCUT2D eigenvalue weighted by Crippen LogP contribution is 2.33. The van der Waals surface area contributed by atoms with Crippen LogP contribution >= 0.6 is 0 Å². The molecule has 3 aromatic heterocycles. The minimum atomic E-state index is -4.07. The van der Waals surface area contributed by atoms with Crippen molar-refractivity contribution in [1.82, 2.24) is 15.0 Å². The van der Waals surface area contributed by atoms with Crippen LogP contribution in [0.4, 0.5) is 5.82 Å². The molecule has 4 rings (SSSR count). The summed E-state index contributed by atoms with van der Waals surface area (Å²) in [4.78, 5) is 26.3. The smallest absolute Gasteiger partial charge is 0.230 e. The van der Waals surface area contributed by atoms with E-state index in [0.717, 1.165) is 16.7 Å². The van der Waals surface area contributed by atoms with Crippen LogP contribution in [-0.4, -0.2) is 42.0 Å². The highest BCUT2D eigenvalue weighted by Gasteiger charge is 2.26. The summed E-state index contributed by atoms with van der Waals surface area (Å²) in [5, 5.41) is -0.275. The summed E-state index contributed by atoms with van der Waals surface area (Å²) >= 11 is 0. The zero-order chi connectivity index (χ0) is 27.6. The molecule has 0 radical (unpaired) electrons. The number of nitrogen functional groups attached to an aromatic ring is 1. The molecule has 0 aliphatic rings. The van der Waals surface area contributed by atoms with Crippen molar-refractivity contribution in [1.29, 1.82) is 0 Å². The van der Waals surface area contributed by atoms with Gasteiger partial charge in [0.05, 0.1) is 24.1 Å². The van der Waals surface area contributed by atoms with E-state index in [0.29, 0.717) is 28.6 Å². The number of ketones is 1. The fraction of sp³-hybridized carbons (Fsp3) is 0.214. The van der Waals surface area contributed by atoms with Gasteiger partial charge >= 0.3 is 0 Å². The van der Waals surface area contributed by atoms with Gasteiger partial charge in [-0.1, -0.05) is 23.8 Å². The minimum Gasteiger partial charge on any atom is -0.481 e. The number of aryl methyl sites for hydroxylation is 4. The fourth-order valence-corrected chi connectivity index (χ4v) is 5.33. The molecule has 0 aliphatic heterocycles. The predicted octanol–water partition coefficient (Wildman–Crippen LogP) is 4.81. The number of methoxy groups -OCH3 is 1. The average molecular weight is 533 g/mol. The van der Waals surface area contributed by atoms with E-state index in [1.807, 2.05) is 45.9 Å². The van der Waals surface area contributed by atoms with Crippen molar-refractivity contribution in [3.8, 4) is 28.8 Å². The molecular weight excluding hydrogens is 504 g/mol. The number of rotatable bonds is 8. The summed E-state index contributed by atoms with van der Waals surface area (Å²) in [6, 6.07) is 14.8. The number of hydrogen-bond acceptors (Lipinski definition) is 9. The number of benzene rings is 1. The molecular formula is C28H28N4O5S.